The highest BCUT2D eigenvalue weighted by Crippen LogP contribution is 2.13. The number of carbonyl (C=O) groups is 1. The Labute approximate surface area is 135 Å². The van der Waals surface area contributed by atoms with Gasteiger partial charge in [-0.1, -0.05) is 24.3 Å². The predicted molar refractivity (Wildman–Crippen MR) is 88.4 cm³/mol. The van der Waals surface area contributed by atoms with Gasteiger partial charge in [-0.15, -0.1) is 10.2 Å². The molecule has 2 aromatic carbocycles. The first-order valence-corrected chi connectivity index (χ1v) is 7.43. The van der Waals surface area contributed by atoms with Crippen LogP contribution in [0.5, 0.6) is 0 Å². The Kier molecular flexibility index (Phi) is 4.19. The molecule has 0 aliphatic rings. The summed E-state index contributed by atoms with van der Waals surface area (Å²) in [6, 6.07) is 13.5. The van der Waals surface area contributed by atoms with Crippen LogP contribution in [0.2, 0.25) is 0 Å². The predicted octanol–water partition coefficient (Wildman–Crippen LogP) is 2.81. The van der Waals surface area contributed by atoms with E-state index in [4.69, 9.17) is 0 Å². The molecule has 0 atom stereocenters. The van der Waals surface area contributed by atoms with Crippen LogP contribution in [0.15, 0.2) is 55.1 Å². The molecule has 1 amide bonds. The molecule has 1 N–H and O–H groups in total. The van der Waals surface area contributed by atoms with Gasteiger partial charge in [-0.2, -0.15) is 0 Å². The molecule has 0 spiro atoms. The number of rotatable bonds is 4. The first-order valence-electron chi connectivity index (χ1n) is 7.43. The van der Waals surface area contributed by atoms with E-state index in [0.29, 0.717) is 12.1 Å². The Morgan fingerprint density at radius 3 is 2.61 bits per heavy atom. The summed E-state index contributed by atoms with van der Waals surface area (Å²) >= 11 is 0. The van der Waals surface area contributed by atoms with Crippen LogP contribution >= 0.6 is 0 Å². The largest absolute Gasteiger partial charge is 0.348 e. The van der Waals surface area contributed by atoms with Gasteiger partial charge >= 0.3 is 0 Å². The molecule has 3 aromatic rings. The third kappa shape index (κ3) is 3.29. The van der Waals surface area contributed by atoms with Crippen molar-refractivity contribution in [1.82, 2.24) is 20.1 Å². The number of aromatic nitrogens is 3. The first kappa shape index (κ1) is 15.0. The molecule has 3 rings (SSSR count). The van der Waals surface area contributed by atoms with E-state index in [2.05, 4.69) is 35.4 Å². The smallest absolute Gasteiger partial charge is 0.251 e. The quantitative estimate of drug-likeness (QED) is 0.806. The molecule has 0 unspecified atom stereocenters. The van der Waals surface area contributed by atoms with Crippen molar-refractivity contribution in [3.8, 4) is 5.69 Å². The molecule has 23 heavy (non-hydrogen) atoms. The minimum Gasteiger partial charge on any atom is -0.348 e. The molecule has 0 fully saturated rings. The number of benzene rings is 2. The van der Waals surface area contributed by atoms with Crippen LogP contribution in [-0.4, -0.2) is 20.7 Å². The molecule has 0 saturated carbocycles. The van der Waals surface area contributed by atoms with Gasteiger partial charge in [-0.25, -0.2) is 0 Å². The van der Waals surface area contributed by atoms with Crippen molar-refractivity contribution in [2.45, 2.75) is 20.4 Å². The summed E-state index contributed by atoms with van der Waals surface area (Å²) < 4.78 is 1.77. The number of hydrogen-bond acceptors (Lipinski definition) is 3. The summed E-state index contributed by atoms with van der Waals surface area (Å²) in [6.45, 7) is 4.66. The van der Waals surface area contributed by atoms with E-state index in [-0.39, 0.29) is 5.91 Å². The Morgan fingerprint density at radius 1 is 1.09 bits per heavy atom. The van der Waals surface area contributed by atoms with Gasteiger partial charge in [0.15, 0.2) is 0 Å². The molecule has 5 heteroatoms. The molecule has 1 heterocycles. The SMILES string of the molecule is Cc1cccc(CNC(=O)c2cccc(-n3cnnc3)c2)c1C. The molecule has 0 bridgehead atoms. The lowest BCUT2D eigenvalue weighted by Crippen LogP contribution is -2.23. The standard InChI is InChI=1S/C18H18N4O/c1-13-5-3-7-16(14(13)2)10-19-18(23)15-6-4-8-17(9-15)22-11-20-21-12-22/h3-9,11-12H,10H2,1-2H3,(H,19,23). The van der Waals surface area contributed by atoms with Crippen LogP contribution in [0.3, 0.4) is 0 Å². The second-order valence-electron chi connectivity index (χ2n) is 5.46. The van der Waals surface area contributed by atoms with Gasteiger partial charge < -0.3 is 5.32 Å². The van der Waals surface area contributed by atoms with E-state index < -0.39 is 0 Å². The van der Waals surface area contributed by atoms with Crippen molar-refractivity contribution in [2.75, 3.05) is 0 Å². The van der Waals surface area contributed by atoms with Crippen LogP contribution in [0.4, 0.5) is 0 Å². The van der Waals surface area contributed by atoms with Crippen molar-refractivity contribution in [3.63, 3.8) is 0 Å². The average molecular weight is 306 g/mol. The maximum Gasteiger partial charge on any atom is 0.251 e. The van der Waals surface area contributed by atoms with Crippen molar-refractivity contribution in [3.05, 3.63) is 77.4 Å². The molecule has 5 nitrogen and oxygen atoms in total. The molecule has 1 aromatic heterocycles. The molecule has 0 aliphatic carbocycles. The van der Waals surface area contributed by atoms with E-state index in [1.54, 1.807) is 23.3 Å². The summed E-state index contributed by atoms with van der Waals surface area (Å²) in [5, 5.41) is 10.5. The van der Waals surface area contributed by atoms with Gasteiger partial charge in [0, 0.05) is 17.8 Å². The number of nitrogens with zero attached hydrogens (tertiary/aromatic N) is 3. The van der Waals surface area contributed by atoms with Crippen LogP contribution < -0.4 is 5.32 Å². The molecular weight excluding hydrogens is 288 g/mol. The van der Waals surface area contributed by atoms with Crippen LogP contribution in [0.25, 0.3) is 5.69 Å². The zero-order valence-electron chi connectivity index (χ0n) is 13.2. The number of nitrogens with one attached hydrogen (secondary N) is 1. The van der Waals surface area contributed by atoms with Gasteiger partial charge in [-0.05, 0) is 48.7 Å². The minimum absolute atomic E-state index is 0.0965. The number of hydrogen-bond donors (Lipinski definition) is 1. The Bertz CT molecular complexity index is 825. The van der Waals surface area contributed by atoms with Gasteiger partial charge in [0.1, 0.15) is 12.7 Å². The zero-order valence-corrected chi connectivity index (χ0v) is 13.2. The van der Waals surface area contributed by atoms with E-state index in [9.17, 15) is 4.79 Å². The monoisotopic (exact) mass is 306 g/mol. The molecule has 0 aliphatic heterocycles. The Balaban J connectivity index is 1.74. The van der Waals surface area contributed by atoms with Crippen molar-refractivity contribution < 1.29 is 4.79 Å². The fraction of sp³-hybridized carbons (Fsp3) is 0.167. The lowest BCUT2D eigenvalue weighted by atomic mass is 10.0. The Morgan fingerprint density at radius 2 is 1.83 bits per heavy atom. The molecule has 0 saturated heterocycles. The van der Waals surface area contributed by atoms with Crippen molar-refractivity contribution in [2.24, 2.45) is 0 Å². The number of carbonyl (C=O) groups excluding carboxylic acids is 1. The number of aryl methyl sites for hydroxylation is 1. The van der Waals surface area contributed by atoms with Crippen molar-refractivity contribution >= 4 is 5.91 Å². The summed E-state index contributed by atoms with van der Waals surface area (Å²) in [7, 11) is 0. The van der Waals surface area contributed by atoms with Gasteiger partial charge in [0.05, 0.1) is 0 Å². The Hall–Kier alpha value is -2.95. The fourth-order valence-electron chi connectivity index (χ4n) is 2.42. The lowest BCUT2D eigenvalue weighted by Gasteiger charge is -2.10. The highest BCUT2D eigenvalue weighted by molar-refractivity contribution is 5.94. The summed E-state index contributed by atoms with van der Waals surface area (Å²) in [4.78, 5) is 12.4. The third-order valence-electron chi connectivity index (χ3n) is 3.98. The zero-order chi connectivity index (χ0) is 16.2. The topological polar surface area (TPSA) is 59.8 Å². The highest BCUT2D eigenvalue weighted by atomic mass is 16.1. The summed E-state index contributed by atoms with van der Waals surface area (Å²) in [5.74, 6) is -0.0965. The van der Waals surface area contributed by atoms with E-state index in [1.165, 1.54) is 11.1 Å². The first-order chi connectivity index (χ1) is 11.1. The summed E-state index contributed by atoms with van der Waals surface area (Å²) in [5.41, 5.74) is 5.04. The fourth-order valence-corrected chi connectivity index (χ4v) is 2.42. The van der Waals surface area contributed by atoms with Crippen LogP contribution in [-0.2, 0) is 6.54 Å². The lowest BCUT2D eigenvalue weighted by molar-refractivity contribution is 0.0951. The second kappa shape index (κ2) is 6.44. The molecule has 116 valence electrons. The third-order valence-corrected chi connectivity index (χ3v) is 3.98. The maximum absolute atomic E-state index is 12.4. The van der Waals surface area contributed by atoms with Gasteiger partial charge in [0.25, 0.3) is 5.91 Å². The highest BCUT2D eigenvalue weighted by Gasteiger charge is 2.08. The maximum atomic E-state index is 12.4. The minimum atomic E-state index is -0.0965. The van der Waals surface area contributed by atoms with E-state index >= 15 is 0 Å². The second-order valence-corrected chi connectivity index (χ2v) is 5.46. The molecule has 0 radical (unpaired) electrons. The summed E-state index contributed by atoms with van der Waals surface area (Å²) in [6.07, 6.45) is 3.21. The van der Waals surface area contributed by atoms with Crippen LogP contribution in [0, 0.1) is 13.8 Å². The normalized spacial score (nSPS) is 10.5. The van der Waals surface area contributed by atoms with Gasteiger partial charge in [0.2, 0.25) is 0 Å². The average Bonchev–Trinajstić information content (AvgIpc) is 3.10. The van der Waals surface area contributed by atoms with Gasteiger partial charge in [-0.3, -0.25) is 9.36 Å². The van der Waals surface area contributed by atoms with Crippen molar-refractivity contribution in [1.29, 1.82) is 0 Å². The van der Waals surface area contributed by atoms with E-state index in [1.807, 2.05) is 30.3 Å². The number of amides is 1. The van der Waals surface area contributed by atoms with E-state index in [0.717, 1.165) is 11.3 Å². The van der Waals surface area contributed by atoms with Crippen LogP contribution in [0.1, 0.15) is 27.0 Å². The molecular formula is C18H18N4O.